The molecule has 3 aromatic rings. The lowest BCUT2D eigenvalue weighted by Crippen LogP contribution is -2.19. The van der Waals surface area contributed by atoms with Crippen molar-refractivity contribution in [3.05, 3.63) is 86.5 Å². The summed E-state index contributed by atoms with van der Waals surface area (Å²) < 4.78 is 0. The van der Waals surface area contributed by atoms with Gasteiger partial charge >= 0.3 is 0 Å². The van der Waals surface area contributed by atoms with E-state index in [9.17, 15) is 15.3 Å². The second-order valence-corrected chi connectivity index (χ2v) is 22.8. The topological polar surface area (TPSA) is 60.7 Å². The zero-order valence-electron chi connectivity index (χ0n) is 38.8. The van der Waals surface area contributed by atoms with Gasteiger partial charge in [-0.15, -0.1) is 0 Å². The molecular weight excluding hydrogens is 661 g/mol. The van der Waals surface area contributed by atoms with Crippen LogP contribution in [0.25, 0.3) is 0 Å². The molecule has 4 rings (SSSR count). The van der Waals surface area contributed by atoms with Gasteiger partial charge in [-0.3, -0.25) is 0 Å². The summed E-state index contributed by atoms with van der Waals surface area (Å²) in [6, 6.07) is 12.9. The van der Waals surface area contributed by atoms with Crippen LogP contribution < -0.4 is 0 Å². The molecule has 0 atom stereocenters. The number of aromatic hydroxyl groups is 3. The fraction of sp³-hybridized carbons (Fsp3) is 0.647. The number of phenolic OH excluding ortho intramolecular Hbond substituents is 3. The van der Waals surface area contributed by atoms with Gasteiger partial charge in [0.1, 0.15) is 17.2 Å². The van der Waals surface area contributed by atoms with Crippen LogP contribution in [0.2, 0.25) is 0 Å². The Morgan fingerprint density at radius 3 is 0.778 bits per heavy atom. The molecule has 3 N–H and O–H groups in total. The summed E-state index contributed by atoms with van der Waals surface area (Å²) in [7, 11) is 0. The molecule has 54 heavy (non-hydrogen) atoms. The summed E-state index contributed by atoms with van der Waals surface area (Å²) in [5, 5.41) is 31.6. The Morgan fingerprint density at radius 1 is 0.370 bits per heavy atom. The van der Waals surface area contributed by atoms with Gasteiger partial charge in [0.2, 0.25) is 0 Å². The molecule has 0 spiro atoms. The molecule has 0 saturated heterocycles. The van der Waals surface area contributed by atoms with Crippen molar-refractivity contribution < 1.29 is 15.3 Å². The maximum absolute atomic E-state index is 10.8. The van der Waals surface area contributed by atoms with Crippen LogP contribution >= 0.6 is 0 Å². The summed E-state index contributed by atoms with van der Waals surface area (Å²) >= 11 is 0. The van der Waals surface area contributed by atoms with E-state index in [-0.39, 0.29) is 32.5 Å². The van der Waals surface area contributed by atoms with Gasteiger partial charge in [-0.05, 0) is 110 Å². The fourth-order valence-electron chi connectivity index (χ4n) is 7.47. The van der Waals surface area contributed by atoms with Crippen molar-refractivity contribution in [2.24, 2.45) is 5.92 Å². The van der Waals surface area contributed by atoms with Gasteiger partial charge in [0.15, 0.2) is 0 Å². The third-order valence-electron chi connectivity index (χ3n) is 11.0. The van der Waals surface area contributed by atoms with Gasteiger partial charge in [0.25, 0.3) is 0 Å². The predicted octanol–water partition coefficient (Wildman–Crippen LogP) is 14.9. The Labute approximate surface area is 333 Å². The zero-order chi connectivity index (χ0) is 42.2. The van der Waals surface area contributed by atoms with Crippen molar-refractivity contribution in [2.45, 2.75) is 209 Å². The van der Waals surface area contributed by atoms with Gasteiger partial charge in [-0.1, -0.05) is 192 Å². The third-order valence-corrected chi connectivity index (χ3v) is 11.0. The molecule has 3 heteroatoms. The Hall–Kier alpha value is -2.94. The molecule has 0 bridgehead atoms. The number of phenols is 3. The maximum atomic E-state index is 10.8. The lowest BCUT2D eigenvalue weighted by molar-refractivity contribution is 0.346. The van der Waals surface area contributed by atoms with Gasteiger partial charge < -0.3 is 15.3 Å². The first-order valence-corrected chi connectivity index (χ1v) is 20.6. The van der Waals surface area contributed by atoms with E-state index in [0.717, 1.165) is 39.3 Å². The second-order valence-electron chi connectivity index (χ2n) is 22.8. The third kappa shape index (κ3) is 12.5. The number of rotatable bonds is 1. The highest BCUT2D eigenvalue weighted by Crippen LogP contribution is 2.45. The van der Waals surface area contributed by atoms with E-state index in [2.05, 4.69) is 182 Å². The number of hydrogen-bond acceptors (Lipinski definition) is 3. The lowest BCUT2D eigenvalue weighted by Gasteiger charge is -2.32. The van der Waals surface area contributed by atoms with Crippen LogP contribution in [-0.4, -0.2) is 15.3 Å². The first-order valence-electron chi connectivity index (χ1n) is 20.6. The van der Waals surface area contributed by atoms with Gasteiger partial charge in [0, 0.05) is 0 Å². The van der Waals surface area contributed by atoms with E-state index >= 15 is 0 Å². The van der Waals surface area contributed by atoms with Crippen LogP contribution in [-0.2, 0) is 32.5 Å². The number of aryl methyl sites for hydroxylation is 2. The molecule has 1 saturated carbocycles. The van der Waals surface area contributed by atoms with E-state index in [4.69, 9.17) is 0 Å². The van der Waals surface area contributed by atoms with Crippen LogP contribution in [0.15, 0.2) is 36.4 Å². The molecule has 0 unspecified atom stereocenters. The van der Waals surface area contributed by atoms with Crippen LogP contribution in [0.3, 0.4) is 0 Å². The van der Waals surface area contributed by atoms with E-state index in [1.54, 1.807) is 0 Å². The normalized spacial score (nSPS) is 17.3. The highest BCUT2D eigenvalue weighted by atomic mass is 16.3. The molecule has 0 aliphatic heterocycles. The van der Waals surface area contributed by atoms with Crippen molar-refractivity contribution >= 4 is 0 Å². The Balaban J connectivity index is 0.000000286. The molecular formula is C51H82O3. The SMILES string of the molecule is CC1CCC(c2cc(C(C)(C)C)c(O)c(C(C)(C)C)c2)CC1.Cc1cc(C(C)(C)C)c(O)c(C(C)(C)C)c1.Cc1cc(C(C)(C)C)c(O)c(C(C)(C)C)c1. The van der Waals surface area contributed by atoms with E-state index in [1.807, 2.05) is 0 Å². The molecule has 1 fully saturated rings. The second kappa shape index (κ2) is 16.7. The van der Waals surface area contributed by atoms with Crippen molar-refractivity contribution in [3.63, 3.8) is 0 Å². The smallest absolute Gasteiger partial charge is 0.123 e. The van der Waals surface area contributed by atoms with E-state index in [0.29, 0.717) is 23.2 Å². The quantitative estimate of drug-likeness (QED) is 0.233. The minimum absolute atomic E-state index is 0.0178. The molecule has 1 aliphatic rings. The summed E-state index contributed by atoms with van der Waals surface area (Å²) in [6.45, 7) is 45.3. The van der Waals surface area contributed by atoms with Gasteiger partial charge in [-0.2, -0.15) is 0 Å². The molecule has 3 nitrogen and oxygen atoms in total. The van der Waals surface area contributed by atoms with Crippen molar-refractivity contribution in [1.82, 2.24) is 0 Å². The van der Waals surface area contributed by atoms with Crippen LogP contribution in [0, 0.1) is 19.8 Å². The minimum atomic E-state index is -0.0257. The monoisotopic (exact) mass is 743 g/mol. The molecule has 0 amide bonds. The first kappa shape index (κ1) is 47.2. The largest absolute Gasteiger partial charge is 0.507 e. The van der Waals surface area contributed by atoms with Crippen LogP contribution in [0.5, 0.6) is 17.2 Å². The average Bonchev–Trinajstić information content (AvgIpc) is 2.97. The lowest BCUT2D eigenvalue weighted by atomic mass is 9.74. The van der Waals surface area contributed by atoms with Crippen molar-refractivity contribution in [2.75, 3.05) is 0 Å². The number of benzene rings is 3. The Kier molecular flexibility index (Phi) is 14.6. The summed E-state index contributed by atoms with van der Waals surface area (Å²) in [6.07, 6.45) is 5.25. The molecule has 0 heterocycles. The molecule has 1 aliphatic carbocycles. The average molecular weight is 743 g/mol. The molecule has 0 radical (unpaired) electrons. The standard InChI is InChI=1S/C21H34O.2C15H24O/c1-14-8-10-15(11-9-14)16-12-17(20(2,3)4)19(22)18(13-16)21(5,6)7;2*1-10-8-11(14(2,3)4)13(16)12(9-10)15(5,6)7/h12-15,22H,8-11H2,1-7H3;2*8-9,16H,1-7H3. The highest BCUT2D eigenvalue weighted by Gasteiger charge is 2.30. The highest BCUT2D eigenvalue weighted by molar-refractivity contribution is 5.52. The number of hydrogen-bond donors (Lipinski definition) is 3. The van der Waals surface area contributed by atoms with Crippen molar-refractivity contribution in [1.29, 1.82) is 0 Å². The van der Waals surface area contributed by atoms with E-state index < -0.39 is 0 Å². The van der Waals surface area contributed by atoms with Crippen LogP contribution in [0.4, 0.5) is 0 Å². The van der Waals surface area contributed by atoms with Crippen molar-refractivity contribution in [3.8, 4) is 17.2 Å². The summed E-state index contributed by atoms with van der Waals surface area (Å²) in [4.78, 5) is 0. The zero-order valence-corrected chi connectivity index (χ0v) is 38.8. The predicted molar refractivity (Wildman–Crippen MR) is 236 cm³/mol. The molecule has 304 valence electrons. The van der Waals surface area contributed by atoms with E-state index in [1.165, 1.54) is 42.4 Å². The summed E-state index contributed by atoms with van der Waals surface area (Å²) in [5.41, 5.74) is 10.1. The fourth-order valence-corrected chi connectivity index (χ4v) is 7.47. The first-order chi connectivity index (χ1) is 24.1. The molecule has 3 aromatic carbocycles. The Morgan fingerprint density at radius 2 is 0.574 bits per heavy atom. The minimum Gasteiger partial charge on any atom is -0.507 e. The van der Waals surface area contributed by atoms with Crippen LogP contribution in [0.1, 0.15) is 213 Å². The Bertz CT molecular complexity index is 1520. The maximum Gasteiger partial charge on any atom is 0.123 e. The molecule has 0 aromatic heterocycles. The van der Waals surface area contributed by atoms with Gasteiger partial charge in [-0.25, -0.2) is 0 Å². The summed E-state index contributed by atoms with van der Waals surface area (Å²) in [5.74, 6) is 2.97. The van der Waals surface area contributed by atoms with Gasteiger partial charge in [0.05, 0.1) is 0 Å².